The summed E-state index contributed by atoms with van der Waals surface area (Å²) in [6.07, 6.45) is 6.58. The van der Waals surface area contributed by atoms with E-state index in [4.69, 9.17) is 5.26 Å². The van der Waals surface area contributed by atoms with Crippen molar-refractivity contribution >= 4 is 5.82 Å². The molecule has 0 atom stereocenters. The third-order valence-electron chi connectivity index (χ3n) is 5.08. The van der Waals surface area contributed by atoms with Crippen molar-refractivity contribution in [1.29, 1.82) is 5.26 Å². The molecule has 0 bridgehead atoms. The lowest BCUT2D eigenvalue weighted by atomic mass is 9.97. The molecule has 0 aliphatic carbocycles. The van der Waals surface area contributed by atoms with Crippen LogP contribution in [0, 0.1) is 16.7 Å². The molecule has 2 aromatic rings. The largest absolute Gasteiger partial charge is 0.369 e. The molecule has 1 aliphatic heterocycles. The van der Waals surface area contributed by atoms with E-state index in [0.717, 1.165) is 63.6 Å². The van der Waals surface area contributed by atoms with E-state index >= 15 is 0 Å². The summed E-state index contributed by atoms with van der Waals surface area (Å²) in [6, 6.07) is 6.22. The van der Waals surface area contributed by atoms with Gasteiger partial charge in [-0.25, -0.2) is 9.97 Å². The average molecular weight is 394 g/mol. The fraction of sp³-hybridized carbons (Fsp3) is 0.545. The molecule has 0 saturated carbocycles. The number of nitriles is 1. The van der Waals surface area contributed by atoms with E-state index in [9.17, 15) is 0 Å². The van der Waals surface area contributed by atoms with Crippen molar-refractivity contribution in [3.63, 3.8) is 0 Å². The predicted octanol–water partition coefficient (Wildman–Crippen LogP) is 2.56. The Morgan fingerprint density at radius 3 is 2.45 bits per heavy atom. The van der Waals surface area contributed by atoms with E-state index in [2.05, 4.69) is 63.0 Å². The minimum absolute atomic E-state index is 0.134. The number of rotatable bonds is 7. The van der Waals surface area contributed by atoms with Gasteiger partial charge in [-0.05, 0) is 29.5 Å². The average Bonchev–Trinajstić information content (AvgIpc) is 2.72. The van der Waals surface area contributed by atoms with Crippen molar-refractivity contribution < 1.29 is 0 Å². The molecule has 154 valence electrons. The highest BCUT2D eigenvalue weighted by molar-refractivity contribution is 5.44. The monoisotopic (exact) mass is 393 g/mol. The van der Waals surface area contributed by atoms with Crippen LogP contribution >= 0.6 is 0 Å². The second-order valence-electron chi connectivity index (χ2n) is 8.82. The summed E-state index contributed by atoms with van der Waals surface area (Å²) >= 11 is 0. The summed E-state index contributed by atoms with van der Waals surface area (Å²) in [5, 5.41) is 12.6. The Kier molecular flexibility index (Phi) is 7.13. The van der Waals surface area contributed by atoms with E-state index in [-0.39, 0.29) is 11.2 Å². The smallest absolute Gasteiger partial charge is 0.234 e. The van der Waals surface area contributed by atoms with E-state index in [1.807, 2.05) is 18.5 Å². The number of aromatic nitrogens is 3. The van der Waals surface area contributed by atoms with Crippen molar-refractivity contribution in [3.8, 4) is 6.07 Å². The van der Waals surface area contributed by atoms with Gasteiger partial charge in [0.25, 0.3) is 0 Å². The van der Waals surface area contributed by atoms with Gasteiger partial charge in [0.2, 0.25) is 5.82 Å². The lowest BCUT2D eigenvalue weighted by Gasteiger charge is -2.35. The molecule has 7 heteroatoms. The van der Waals surface area contributed by atoms with Crippen molar-refractivity contribution in [2.75, 3.05) is 44.6 Å². The second kappa shape index (κ2) is 9.77. The number of anilines is 1. The van der Waals surface area contributed by atoms with Crippen molar-refractivity contribution in [3.05, 3.63) is 47.7 Å². The third-order valence-corrected chi connectivity index (χ3v) is 5.08. The van der Waals surface area contributed by atoms with Crippen LogP contribution in [-0.2, 0) is 13.0 Å². The molecule has 3 rings (SSSR count). The topological polar surface area (TPSA) is 81.0 Å². The first-order chi connectivity index (χ1) is 13.9. The van der Waals surface area contributed by atoms with E-state index in [1.165, 1.54) is 5.56 Å². The number of hydrogen-bond donors (Lipinski definition) is 1. The summed E-state index contributed by atoms with van der Waals surface area (Å²) in [6.45, 7) is 13.4. The molecule has 2 aromatic heterocycles. The van der Waals surface area contributed by atoms with Crippen LogP contribution in [0.1, 0.15) is 37.7 Å². The first kappa shape index (κ1) is 21.2. The molecule has 29 heavy (non-hydrogen) atoms. The van der Waals surface area contributed by atoms with Gasteiger partial charge in [0, 0.05) is 70.0 Å². The van der Waals surface area contributed by atoms with Crippen LogP contribution in [0.15, 0.2) is 30.7 Å². The van der Waals surface area contributed by atoms with Gasteiger partial charge in [-0.2, -0.15) is 5.26 Å². The Balaban J connectivity index is 1.53. The van der Waals surface area contributed by atoms with Crippen LogP contribution in [0.3, 0.4) is 0 Å². The minimum atomic E-state index is 0.134. The van der Waals surface area contributed by atoms with Crippen LogP contribution in [0.5, 0.6) is 0 Å². The van der Waals surface area contributed by atoms with Gasteiger partial charge < -0.3 is 10.2 Å². The molecule has 1 fully saturated rings. The van der Waals surface area contributed by atoms with Crippen LogP contribution < -0.4 is 5.32 Å². The fourth-order valence-electron chi connectivity index (χ4n) is 3.33. The number of hydrogen-bond acceptors (Lipinski definition) is 7. The van der Waals surface area contributed by atoms with Crippen molar-refractivity contribution in [1.82, 2.24) is 24.8 Å². The summed E-state index contributed by atoms with van der Waals surface area (Å²) in [5.74, 6) is 0.998. The maximum atomic E-state index is 9.14. The highest BCUT2D eigenvalue weighted by Gasteiger charge is 2.19. The Hall–Kier alpha value is -2.56. The van der Waals surface area contributed by atoms with Crippen LogP contribution in [0.2, 0.25) is 0 Å². The van der Waals surface area contributed by atoms with Gasteiger partial charge in [-0.15, -0.1) is 0 Å². The molecular weight excluding hydrogens is 362 g/mol. The van der Waals surface area contributed by atoms with E-state index in [0.29, 0.717) is 0 Å². The maximum Gasteiger partial charge on any atom is 0.234 e. The number of pyridine rings is 1. The normalized spacial score (nSPS) is 15.8. The van der Waals surface area contributed by atoms with Crippen LogP contribution in [-0.4, -0.2) is 64.0 Å². The molecule has 0 radical (unpaired) electrons. The number of nitrogens with one attached hydrogen (secondary N) is 1. The molecule has 0 spiro atoms. The fourth-order valence-corrected chi connectivity index (χ4v) is 3.33. The quantitative estimate of drug-likeness (QED) is 0.774. The lowest BCUT2D eigenvalue weighted by Crippen LogP contribution is -2.46. The van der Waals surface area contributed by atoms with Crippen LogP contribution in [0.25, 0.3) is 0 Å². The van der Waals surface area contributed by atoms with Gasteiger partial charge in [0.15, 0.2) is 0 Å². The van der Waals surface area contributed by atoms with Crippen molar-refractivity contribution in [2.45, 2.75) is 33.7 Å². The van der Waals surface area contributed by atoms with Gasteiger partial charge >= 0.3 is 0 Å². The third kappa shape index (κ3) is 6.77. The Morgan fingerprint density at radius 2 is 1.79 bits per heavy atom. The molecular formula is C22H31N7. The Labute approximate surface area is 173 Å². The molecule has 0 amide bonds. The zero-order chi connectivity index (χ0) is 20.7. The highest BCUT2D eigenvalue weighted by Crippen LogP contribution is 2.19. The Morgan fingerprint density at radius 1 is 1.10 bits per heavy atom. The standard InChI is InChI=1S/C22H31N7/c1-22(2,3)17-26-21-19(15-25-20(14-23)27-21)16-29-12-10-28(11-13-29)9-6-18-4-7-24-8-5-18/h4-5,7-8,15H,6,9-13,16-17H2,1-3H3,(H,25,26,27). The number of nitrogens with zero attached hydrogens (tertiary/aromatic N) is 6. The summed E-state index contributed by atoms with van der Waals surface area (Å²) in [7, 11) is 0. The Bertz CT molecular complexity index is 815. The minimum Gasteiger partial charge on any atom is -0.369 e. The zero-order valence-corrected chi connectivity index (χ0v) is 17.7. The summed E-state index contributed by atoms with van der Waals surface area (Å²) in [4.78, 5) is 17.6. The van der Waals surface area contributed by atoms with Gasteiger partial charge in [0.1, 0.15) is 11.9 Å². The summed E-state index contributed by atoms with van der Waals surface area (Å²) in [5.41, 5.74) is 2.53. The van der Waals surface area contributed by atoms with Gasteiger partial charge in [-0.3, -0.25) is 9.88 Å². The van der Waals surface area contributed by atoms with E-state index < -0.39 is 0 Å². The molecule has 1 saturated heterocycles. The molecule has 7 nitrogen and oxygen atoms in total. The maximum absolute atomic E-state index is 9.14. The lowest BCUT2D eigenvalue weighted by molar-refractivity contribution is 0.128. The molecule has 3 heterocycles. The van der Waals surface area contributed by atoms with E-state index in [1.54, 1.807) is 6.20 Å². The van der Waals surface area contributed by atoms with Gasteiger partial charge in [0.05, 0.1) is 0 Å². The van der Waals surface area contributed by atoms with Crippen LogP contribution in [0.4, 0.5) is 5.82 Å². The molecule has 1 N–H and O–H groups in total. The molecule has 1 aliphatic rings. The predicted molar refractivity (Wildman–Crippen MR) is 114 cm³/mol. The summed E-state index contributed by atoms with van der Waals surface area (Å²) < 4.78 is 0. The first-order valence-electron chi connectivity index (χ1n) is 10.3. The first-order valence-corrected chi connectivity index (χ1v) is 10.3. The zero-order valence-electron chi connectivity index (χ0n) is 17.7. The van der Waals surface area contributed by atoms with Crippen molar-refractivity contribution in [2.24, 2.45) is 5.41 Å². The molecule has 0 aromatic carbocycles. The van der Waals surface area contributed by atoms with Gasteiger partial charge in [-0.1, -0.05) is 20.8 Å². The molecule has 0 unspecified atom stereocenters. The number of piperazine rings is 1. The second-order valence-corrected chi connectivity index (χ2v) is 8.82. The highest BCUT2D eigenvalue weighted by atomic mass is 15.3. The SMILES string of the molecule is CC(C)(C)CNc1nc(C#N)ncc1CN1CCN(CCc2ccncc2)CC1.